The third-order valence-electron chi connectivity index (χ3n) is 6.25. The first-order valence-electron chi connectivity index (χ1n) is 11.9. The number of morpholine rings is 1. The summed E-state index contributed by atoms with van der Waals surface area (Å²) in [6.07, 6.45) is 0.618. The molecule has 0 aromatic heterocycles. The van der Waals surface area contributed by atoms with E-state index in [1.807, 2.05) is 0 Å². The fourth-order valence-electron chi connectivity index (χ4n) is 4.47. The summed E-state index contributed by atoms with van der Waals surface area (Å²) in [5.74, 6) is 1.31. The van der Waals surface area contributed by atoms with Crippen LogP contribution >= 0.6 is 24.0 Å². The molecule has 0 radical (unpaired) electrons. The number of aliphatic hydroxyl groups excluding tert-OH is 1. The highest BCUT2D eigenvalue weighted by atomic mass is 127. The zero-order chi connectivity index (χ0) is 22.1. The summed E-state index contributed by atoms with van der Waals surface area (Å²) in [5.41, 5.74) is 2.82. The van der Waals surface area contributed by atoms with E-state index in [1.54, 1.807) is 0 Å². The molecule has 8 heteroatoms. The number of halogens is 1. The monoisotopic (exact) mass is 559 g/mol. The fourth-order valence-corrected chi connectivity index (χ4v) is 4.47. The van der Waals surface area contributed by atoms with Gasteiger partial charge < -0.3 is 20.5 Å². The van der Waals surface area contributed by atoms with Gasteiger partial charge in [0.05, 0.1) is 25.9 Å². The van der Waals surface area contributed by atoms with Crippen molar-refractivity contribution in [3.63, 3.8) is 0 Å². The van der Waals surface area contributed by atoms with Crippen molar-refractivity contribution in [1.82, 2.24) is 20.4 Å². The second kappa shape index (κ2) is 14.3. The molecule has 0 amide bonds. The average molecular weight is 560 g/mol. The molecule has 2 atom stereocenters. The maximum atomic E-state index is 10.6. The van der Waals surface area contributed by atoms with Gasteiger partial charge >= 0.3 is 0 Å². The van der Waals surface area contributed by atoms with Gasteiger partial charge in [-0.05, 0) is 30.4 Å². The Morgan fingerprint density at radius 3 is 2.53 bits per heavy atom. The molecule has 1 aromatic carbocycles. The SMILES string of the molecule is CCNC(=NCC(C(C)C)N1CCOCC1)NCC(O)CN1CCc2ccccc2C1.I. The summed E-state index contributed by atoms with van der Waals surface area (Å²) in [5, 5.41) is 17.3. The van der Waals surface area contributed by atoms with Gasteiger partial charge in [0.15, 0.2) is 5.96 Å². The predicted molar refractivity (Wildman–Crippen MR) is 142 cm³/mol. The van der Waals surface area contributed by atoms with Crippen LogP contribution in [-0.4, -0.2) is 92.0 Å². The minimum atomic E-state index is -0.436. The molecule has 1 fully saturated rings. The van der Waals surface area contributed by atoms with Crippen molar-refractivity contribution < 1.29 is 9.84 Å². The highest BCUT2D eigenvalue weighted by Gasteiger charge is 2.24. The lowest BCUT2D eigenvalue weighted by Gasteiger charge is -2.36. The lowest BCUT2D eigenvalue weighted by Crippen LogP contribution is -2.49. The Morgan fingerprint density at radius 1 is 1.12 bits per heavy atom. The Hall–Kier alpha value is -0.940. The maximum Gasteiger partial charge on any atom is 0.191 e. The summed E-state index contributed by atoms with van der Waals surface area (Å²) in [7, 11) is 0. The minimum Gasteiger partial charge on any atom is -0.390 e. The molecule has 2 unspecified atom stereocenters. The first-order valence-corrected chi connectivity index (χ1v) is 11.9. The second-order valence-corrected chi connectivity index (χ2v) is 8.97. The van der Waals surface area contributed by atoms with E-state index in [4.69, 9.17) is 9.73 Å². The number of rotatable bonds is 9. The molecule has 32 heavy (non-hydrogen) atoms. The smallest absolute Gasteiger partial charge is 0.191 e. The van der Waals surface area contributed by atoms with E-state index in [0.29, 0.717) is 25.0 Å². The first kappa shape index (κ1) is 27.3. The Morgan fingerprint density at radius 2 is 1.84 bits per heavy atom. The van der Waals surface area contributed by atoms with Crippen LogP contribution in [0.2, 0.25) is 0 Å². The highest BCUT2D eigenvalue weighted by Crippen LogP contribution is 2.18. The zero-order valence-electron chi connectivity index (χ0n) is 19.9. The van der Waals surface area contributed by atoms with Crippen LogP contribution in [0.25, 0.3) is 0 Å². The van der Waals surface area contributed by atoms with Gasteiger partial charge in [-0.1, -0.05) is 38.1 Å². The molecule has 1 saturated heterocycles. The van der Waals surface area contributed by atoms with Gasteiger partial charge in [-0.25, -0.2) is 0 Å². The van der Waals surface area contributed by atoms with E-state index in [0.717, 1.165) is 64.9 Å². The van der Waals surface area contributed by atoms with Gasteiger partial charge in [0, 0.05) is 51.9 Å². The van der Waals surface area contributed by atoms with Crippen molar-refractivity contribution in [2.45, 2.75) is 45.9 Å². The largest absolute Gasteiger partial charge is 0.390 e. The van der Waals surface area contributed by atoms with Crippen LogP contribution in [0, 0.1) is 5.92 Å². The van der Waals surface area contributed by atoms with Gasteiger partial charge in [-0.3, -0.25) is 14.8 Å². The molecule has 0 bridgehead atoms. The molecule has 1 aromatic rings. The molecule has 0 spiro atoms. The van der Waals surface area contributed by atoms with Gasteiger partial charge in [0.25, 0.3) is 0 Å². The first-order chi connectivity index (χ1) is 15.1. The Balaban J connectivity index is 0.00000363. The molecule has 2 aliphatic rings. The quantitative estimate of drug-likeness (QED) is 0.244. The summed E-state index contributed by atoms with van der Waals surface area (Å²) >= 11 is 0. The molecule has 2 aliphatic heterocycles. The maximum absolute atomic E-state index is 10.6. The van der Waals surface area contributed by atoms with E-state index in [-0.39, 0.29) is 24.0 Å². The summed E-state index contributed by atoms with van der Waals surface area (Å²) in [6.45, 7) is 14.8. The number of aliphatic imine (C=N–C) groups is 1. The summed E-state index contributed by atoms with van der Waals surface area (Å²) in [4.78, 5) is 9.68. The van der Waals surface area contributed by atoms with Gasteiger partial charge in [-0.2, -0.15) is 0 Å². The number of hydrogen-bond donors (Lipinski definition) is 3. The highest BCUT2D eigenvalue weighted by molar-refractivity contribution is 14.0. The molecule has 2 heterocycles. The third kappa shape index (κ3) is 8.44. The second-order valence-electron chi connectivity index (χ2n) is 8.97. The molecule has 3 rings (SSSR count). The summed E-state index contributed by atoms with van der Waals surface area (Å²) < 4.78 is 5.51. The number of β-amino-alcohol motifs (C(OH)–C–C–N with tert-alkyl or cyclic N) is 1. The molecular weight excluding hydrogens is 517 g/mol. The number of nitrogens with zero attached hydrogens (tertiary/aromatic N) is 3. The lowest BCUT2D eigenvalue weighted by molar-refractivity contribution is 0.00866. The standard InChI is InChI=1S/C24H41N5O2.HI/c1-4-25-24(27-16-23(19(2)3)29-11-13-31-14-12-29)26-15-22(30)18-28-10-9-20-7-5-6-8-21(20)17-28;/h5-8,19,22-23,30H,4,9-18H2,1-3H3,(H2,25,26,27);1H. The van der Waals surface area contributed by atoms with Crippen LogP contribution in [0.3, 0.4) is 0 Å². The van der Waals surface area contributed by atoms with Crippen LogP contribution in [-0.2, 0) is 17.7 Å². The van der Waals surface area contributed by atoms with Crippen molar-refractivity contribution >= 4 is 29.9 Å². The van der Waals surface area contributed by atoms with E-state index < -0.39 is 6.10 Å². The van der Waals surface area contributed by atoms with Crippen molar-refractivity contribution in [3.8, 4) is 0 Å². The van der Waals surface area contributed by atoms with Gasteiger partial charge in [0.1, 0.15) is 0 Å². The molecular formula is C24H42IN5O2. The number of fused-ring (bicyclic) bond motifs is 1. The van der Waals surface area contributed by atoms with Crippen molar-refractivity contribution in [1.29, 1.82) is 0 Å². The van der Waals surface area contributed by atoms with Crippen molar-refractivity contribution in [2.24, 2.45) is 10.9 Å². The van der Waals surface area contributed by atoms with Crippen LogP contribution in [0.15, 0.2) is 29.3 Å². The average Bonchev–Trinajstić information content (AvgIpc) is 2.78. The Kier molecular flexibility index (Phi) is 12.2. The predicted octanol–water partition coefficient (Wildman–Crippen LogP) is 1.94. The fraction of sp³-hybridized carbons (Fsp3) is 0.708. The van der Waals surface area contributed by atoms with E-state index >= 15 is 0 Å². The lowest BCUT2D eigenvalue weighted by atomic mass is 10.00. The number of guanidine groups is 1. The number of ether oxygens (including phenoxy) is 1. The molecule has 0 aliphatic carbocycles. The molecule has 182 valence electrons. The zero-order valence-corrected chi connectivity index (χ0v) is 22.3. The van der Waals surface area contributed by atoms with Crippen LogP contribution in [0.4, 0.5) is 0 Å². The number of benzene rings is 1. The normalized spacial score (nSPS) is 19.7. The minimum absolute atomic E-state index is 0. The number of nitrogens with one attached hydrogen (secondary N) is 2. The van der Waals surface area contributed by atoms with E-state index in [2.05, 4.69) is 65.5 Å². The van der Waals surface area contributed by atoms with Crippen LogP contribution in [0.1, 0.15) is 31.9 Å². The van der Waals surface area contributed by atoms with Crippen molar-refractivity contribution in [3.05, 3.63) is 35.4 Å². The van der Waals surface area contributed by atoms with Gasteiger partial charge in [0.2, 0.25) is 0 Å². The van der Waals surface area contributed by atoms with Crippen LogP contribution < -0.4 is 10.6 Å². The van der Waals surface area contributed by atoms with Crippen molar-refractivity contribution in [2.75, 3.05) is 59.0 Å². The third-order valence-corrected chi connectivity index (χ3v) is 6.25. The molecule has 7 nitrogen and oxygen atoms in total. The molecule has 3 N–H and O–H groups in total. The van der Waals surface area contributed by atoms with Crippen LogP contribution in [0.5, 0.6) is 0 Å². The van der Waals surface area contributed by atoms with Gasteiger partial charge in [-0.15, -0.1) is 24.0 Å². The van der Waals surface area contributed by atoms with E-state index in [9.17, 15) is 5.11 Å². The number of aliphatic hydroxyl groups is 1. The Labute approximate surface area is 211 Å². The topological polar surface area (TPSA) is 72.4 Å². The summed E-state index contributed by atoms with van der Waals surface area (Å²) in [6, 6.07) is 9.02. The van der Waals surface area contributed by atoms with E-state index in [1.165, 1.54) is 11.1 Å². The molecule has 0 saturated carbocycles. The number of hydrogen-bond acceptors (Lipinski definition) is 5. The Bertz CT molecular complexity index is 697.